The van der Waals surface area contributed by atoms with Gasteiger partial charge in [-0.05, 0) is 13.3 Å². The van der Waals surface area contributed by atoms with Gasteiger partial charge in [-0.1, -0.05) is 6.92 Å². The molecule has 0 bridgehead atoms. The molecule has 0 saturated carbocycles. The lowest BCUT2D eigenvalue weighted by molar-refractivity contribution is -0.137. The molecule has 18 heavy (non-hydrogen) atoms. The molecule has 0 aliphatic rings. The Morgan fingerprint density at radius 2 is 2.11 bits per heavy atom. The fourth-order valence-corrected chi connectivity index (χ4v) is 1.60. The van der Waals surface area contributed by atoms with Crippen LogP contribution in [0, 0.1) is 6.92 Å². The van der Waals surface area contributed by atoms with Crippen molar-refractivity contribution in [2.75, 3.05) is 13.1 Å². The van der Waals surface area contributed by atoms with E-state index in [1.165, 1.54) is 12.3 Å². The summed E-state index contributed by atoms with van der Waals surface area (Å²) in [4.78, 5) is 38.3. The van der Waals surface area contributed by atoms with E-state index in [1.54, 1.807) is 6.92 Å². The predicted octanol–water partition coefficient (Wildman–Crippen LogP) is 0.620. The Morgan fingerprint density at radius 1 is 1.44 bits per heavy atom. The van der Waals surface area contributed by atoms with E-state index in [0.29, 0.717) is 18.7 Å². The van der Waals surface area contributed by atoms with Crippen molar-refractivity contribution < 1.29 is 14.7 Å². The Bertz CT molecular complexity index is 507. The molecule has 98 valence electrons. The quantitative estimate of drug-likeness (QED) is 0.803. The Labute approximate surface area is 104 Å². The van der Waals surface area contributed by atoms with Crippen molar-refractivity contribution in [2.45, 2.75) is 20.3 Å². The second-order valence-electron chi connectivity index (χ2n) is 4.01. The molecule has 1 amide bonds. The van der Waals surface area contributed by atoms with Crippen LogP contribution in [0.15, 0.2) is 17.1 Å². The van der Waals surface area contributed by atoms with Gasteiger partial charge in [0.15, 0.2) is 5.43 Å². The van der Waals surface area contributed by atoms with Gasteiger partial charge in [-0.2, -0.15) is 0 Å². The maximum Gasteiger partial charge on any atom is 0.323 e. The van der Waals surface area contributed by atoms with E-state index < -0.39 is 23.9 Å². The van der Waals surface area contributed by atoms with E-state index in [1.807, 2.05) is 6.92 Å². The highest BCUT2D eigenvalue weighted by atomic mass is 16.4. The number of aliphatic carboxylic acids is 1. The van der Waals surface area contributed by atoms with Crippen LogP contribution in [0.4, 0.5) is 0 Å². The summed E-state index contributed by atoms with van der Waals surface area (Å²) in [7, 11) is 0. The third-order valence-electron chi connectivity index (χ3n) is 2.39. The van der Waals surface area contributed by atoms with Gasteiger partial charge in [-0.25, -0.2) is 0 Å². The van der Waals surface area contributed by atoms with Crippen molar-refractivity contribution in [1.29, 1.82) is 0 Å². The first-order valence-corrected chi connectivity index (χ1v) is 5.66. The van der Waals surface area contributed by atoms with Gasteiger partial charge in [0, 0.05) is 24.5 Å². The molecule has 1 aromatic heterocycles. The number of amides is 1. The number of hydrogen-bond acceptors (Lipinski definition) is 3. The highest BCUT2D eigenvalue weighted by molar-refractivity contribution is 5.95. The third kappa shape index (κ3) is 3.44. The van der Waals surface area contributed by atoms with Crippen molar-refractivity contribution >= 4 is 11.9 Å². The van der Waals surface area contributed by atoms with Gasteiger partial charge >= 0.3 is 5.97 Å². The minimum Gasteiger partial charge on any atom is -0.480 e. The van der Waals surface area contributed by atoms with Crippen LogP contribution < -0.4 is 5.43 Å². The zero-order chi connectivity index (χ0) is 13.7. The summed E-state index contributed by atoms with van der Waals surface area (Å²) in [6, 6.07) is 1.32. The number of nitrogens with one attached hydrogen (secondary N) is 1. The fraction of sp³-hybridized carbons (Fsp3) is 0.417. The number of hydrogen-bond donors (Lipinski definition) is 2. The molecule has 0 aliphatic heterocycles. The molecule has 2 N–H and O–H groups in total. The number of carbonyl (C=O) groups excluding carboxylic acids is 1. The number of aromatic nitrogens is 1. The molecule has 6 heteroatoms. The lowest BCUT2D eigenvalue weighted by Gasteiger charge is -2.19. The molecule has 1 aromatic rings. The van der Waals surface area contributed by atoms with E-state index in [4.69, 9.17) is 5.11 Å². The lowest BCUT2D eigenvalue weighted by Crippen LogP contribution is -2.38. The van der Waals surface area contributed by atoms with Crippen molar-refractivity contribution in [3.63, 3.8) is 0 Å². The maximum atomic E-state index is 12.0. The van der Waals surface area contributed by atoms with Gasteiger partial charge < -0.3 is 15.0 Å². The van der Waals surface area contributed by atoms with Crippen molar-refractivity contribution in [3.8, 4) is 0 Å². The van der Waals surface area contributed by atoms with Crippen molar-refractivity contribution in [3.05, 3.63) is 33.7 Å². The minimum absolute atomic E-state index is 0.0321. The summed E-state index contributed by atoms with van der Waals surface area (Å²) in [5.74, 6) is -1.65. The van der Waals surface area contributed by atoms with Crippen LogP contribution in [0.3, 0.4) is 0 Å². The molecule has 0 spiro atoms. The number of pyridine rings is 1. The molecule has 0 unspecified atom stereocenters. The van der Waals surface area contributed by atoms with Crippen LogP contribution in [-0.2, 0) is 4.79 Å². The molecule has 0 atom stereocenters. The number of carboxylic acids is 1. The molecule has 1 heterocycles. The molecule has 1 rings (SSSR count). The Hall–Kier alpha value is -2.11. The third-order valence-corrected chi connectivity index (χ3v) is 2.39. The largest absolute Gasteiger partial charge is 0.480 e. The average molecular weight is 252 g/mol. The first-order valence-electron chi connectivity index (χ1n) is 5.66. The van der Waals surface area contributed by atoms with E-state index in [0.717, 1.165) is 4.90 Å². The van der Waals surface area contributed by atoms with Crippen LogP contribution >= 0.6 is 0 Å². The minimum atomic E-state index is -1.10. The van der Waals surface area contributed by atoms with Crippen LogP contribution in [0.25, 0.3) is 0 Å². The second-order valence-corrected chi connectivity index (χ2v) is 4.01. The molecule has 0 fully saturated rings. The number of carboxylic acid groups (broad SMARTS) is 1. The molecular formula is C12H16N2O4. The van der Waals surface area contributed by atoms with Crippen LogP contribution in [0.1, 0.15) is 29.4 Å². The molecule has 0 aliphatic carbocycles. The maximum absolute atomic E-state index is 12.0. The number of nitrogens with zero attached hydrogens (tertiary/aromatic N) is 1. The van der Waals surface area contributed by atoms with Crippen molar-refractivity contribution in [1.82, 2.24) is 9.88 Å². The smallest absolute Gasteiger partial charge is 0.323 e. The number of aromatic amines is 1. The van der Waals surface area contributed by atoms with Gasteiger partial charge in [-0.15, -0.1) is 0 Å². The van der Waals surface area contributed by atoms with E-state index in [-0.39, 0.29) is 5.56 Å². The summed E-state index contributed by atoms with van der Waals surface area (Å²) in [5, 5.41) is 8.74. The SMILES string of the molecule is CCCN(CC(=O)O)C(=O)c1c[nH]c(C)cc1=O. The molecule has 0 saturated heterocycles. The Morgan fingerprint density at radius 3 is 2.61 bits per heavy atom. The fourth-order valence-electron chi connectivity index (χ4n) is 1.60. The lowest BCUT2D eigenvalue weighted by atomic mass is 10.2. The van der Waals surface area contributed by atoms with Gasteiger partial charge in [-0.3, -0.25) is 14.4 Å². The summed E-state index contributed by atoms with van der Waals surface area (Å²) in [6.45, 7) is 3.44. The van der Waals surface area contributed by atoms with Gasteiger partial charge in [0.1, 0.15) is 12.1 Å². The highest BCUT2D eigenvalue weighted by Gasteiger charge is 2.20. The summed E-state index contributed by atoms with van der Waals surface area (Å²) < 4.78 is 0. The second kappa shape index (κ2) is 6.00. The highest BCUT2D eigenvalue weighted by Crippen LogP contribution is 2.01. The molecular weight excluding hydrogens is 236 g/mol. The van der Waals surface area contributed by atoms with E-state index >= 15 is 0 Å². The predicted molar refractivity (Wildman–Crippen MR) is 65.6 cm³/mol. The zero-order valence-corrected chi connectivity index (χ0v) is 10.4. The number of rotatable bonds is 5. The Kier molecular flexibility index (Phi) is 4.65. The summed E-state index contributed by atoms with van der Waals surface area (Å²) >= 11 is 0. The summed E-state index contributed by atoms with van der Waals surface area (Å²) in [5.41, 5.74) is 0.217. The normalized spacial score (nSPS) is 10.1. The molecule has 0 radical (unpaired) electrons. The van der Waals surface area contributed by atoms with Crippen molar-refractivity contribution in [2.24, 2.45) is 0 Å². The van der Waals surface area contributed by atoms with Crippen LogP contribution in [-0.4, -0.2) is 40.0 Å². The topological polar surface area (TPSA) is 90.5 Å². The number of carbonyl (C=O) groups is 2. The average Bonchev–Trinajstić information content (AvgIpc) is 2.27. The monoisotopic (exact) mass is 252 g/mol. The number of aryl methyl sites for hydroxylation is 1. The summed E-state index contributed by atoms with van der Waals surface area (Å²) in [6.07, 6.45) is 1.95. The van der Waals surface area contributed by atoms with Gasteiger partial charge in [0.25, 0.3) is 5.91 Å². The molecule has 6 nitrogen and oxygen atoms in total. The first-order chi connectivity index (χ1) is 8.45. The van der Waals surface area contributed by atoms with Gasteiger partial charge in [0.05, 0.1) is 0 Å². The first kappa shape index (κ1) is 14.0. The van der Waals surface area contributed by atoms with E-state index in [2.05, 4.69) is 4.98 Å². The van der Waals surface area contributed by atoms with Crippen LogP contribution in [0.2, 0.25) is 0 Å². The van der Waals surface area contributed by atoms with Crippen LogP contribution in [0.5, 0.6) is 0 Å². The van der Waals surface area contributed by atoms with E-state index in [9.17, 15) is 14.4 Å². The number of H-pyrrole nitrogens is 1. The molecule has 0 aromatic carbocycles. The Balaban J connectivity index is 3.01. The zero-order valence-electron chi connectivity index (χ0n) is 10.4. The van der Waals surface area contributed by atoms with Gasteiger partial charge in [0.2, 0.25) is 0 Å². The standard InChI is InChI=1S/C12H16N2O4/c1-3-4-14(7-11(16)17)12(18)9-6-13-8(2)5-10(9)15/h5-6H,3-4,7H2,1-2H3,(H,13,15)(H,16,17).